The Bertz CT molecular complexity index is 530. The van der Waals surface area contributed by atoms with Gasteiger partial charge < -0.3 is 4.90 Å². The van der Waals surface area contributed by atoms with Gasteiger partial charge in [-0.3, -0.25) is 4.79 Å². The number of hydrogen-bond donors (Lipinski definition) is 0. The molecule has 2 aliphatic carbocycles. The van der Waals surface area contributed by atoms with Gasteiger partial charge in [-0.1, -0.05) is 45.0 Å². The van der Waals surface area contributed by atoms with Crippen LogP contribution in [0.25, 0.3) is 0 Å². The van der Waals surface area contributed by atoms with Crippen molar-refractivity contribution in [3.8, 4) is 0 Å². The number of nitrogens with zero attached hydrogens (tertiary/aromatic N) is 1. The van der Waals surface area contributed by atoms with Crippen molar-refractivity contribution in [2.45, 2.75) is 63.3 Å². The molecule has 1 fully saturated rings. The van der Waals surface area contributed by atoms with E-state index in [1.165, 1.54) is 24.0 Å². The average molecular weight is 303 g/mol. The number of rotatable bonds is 4. The summed E-state index contributed by atoms with van der Waals surface area (Å²) < 4.78 is 0.151. The van der Waals surface area contributed by atoms with E-state index in [1.807, 2.05) is 0 Å². The highest BCUT2D eigenvalue weighted by Crippen LogP contribution is 2.42. The van der Waals surface area contributed by atoms with Crippen molar-refractivity contribution in [1.29, 1.82) is 0 Å². The van der Waals surface area contributed by atoms with Crippen LogP contribution in [0.2, 0.25) is 0 Å². The quantitative estimate of drug-likeness (QED) is 0.831. The number of benzene rings is 1. The molecule has 114 valence electrons. The van der Waals surface area contributed by atoms with Gasteiger partial charge in [0.15, 0.2) is 0 Å². The van der Waals surface area contributed by atoms with E-state index in [1.54, 1.807) is 11.8 Å². The molecule has 1 amide bonds. The van der Waals surface area contributed by atoms with Crippen molar-refractivity contribution in [1.82, 2.24) is 4.90 Å². The molecule has 0 N–H and O–H groups in total. The molecule has 21 heavy (non-hydrogen) atoms. The summed E-state index contributed by atoms with van der Waals surface area (Å²) in [6.45, 7) is 6.53. The summed E-state index contributed by atoms with van der Waals surface area (Å²) in [6.07, 6.45) is 4.58. The molecule has 1 aromatic carbocycles. The molecule has 0 bridgehead atoms. The van der Waals surface area contributed by atoms with Gasteiger partial charge in [0.05, 0.1) is 11.8 Å². The third kappa shape index (κ3) is 3.45. The lowest BCUT2D eigenvalue weighted by Crippen LogP contribution is -2.37. The number of fused-ring (bicyclic) bond motifs is 1. The fourth-order valence-electron chi connectivity index (χ4n) is 3.16. The summed E-state index contributed by atoms with van der Waals surface area (Å²) in [5, 5.41) is 0. The van der Waals surface area contributed by atoms with E-state index in [9.17, 15) is 4.79 Å². The molecule has 0 aliphatic heterocycles. The number of hydrogen-bond acceptors (Lipinski definition) is 2. The zero-order valence-corrected chi connectivity index (χ0v) is 14.1. The van der Waals surface area contributed by atoms with Gasteiger partial charge >= 0.3 is 0 Å². The number of amides is 1. The predicted octanol–water partition coefficient (Wildman–Crippen LogP) is 4.20. The van der Waals surface area contributed by atoms with E-state index in [-0.39, 0.29) is 4.75 Å². The Kier molecular flexibility index (Phi) is 4.04. The van der Waals surface area contributed by atoms with E-state index in [0.717, 1.165) is 12.8 Å². The molecular weight excluding hydrogens is 278 g/mol. The maximum absolute atomic E-state index is 12.8. The Balaban J connectivity index is 1.75. The van der Waals surface area contributed by atoms with Crippen molar-refractivity contribution in [2.24, 2.45) is 0 Å². The zero-order chi connectivity index (χ0) is 15.0. The monoisotopic (exact) mass is 303 g/mol. The third-order valence-electron chi connectivity index (χ3n) is 4.29. The lowest BCUT2D eigenvalue weighted by molar-refractivity contribution is -0.131. The predicted molar refractivity (Wildman–Crippen MR) is 89.6 cm³/mol. The highest BCUT2D eigenvalue weighted by atomic mass is 32.2. The summed E-state index contributed by atoms with van der Waals surface area (Å²) >= 11 is 1.76. The normalized spacial score (nSPS) is 21.2. The molecule has 0 radical (unpaired) electrons. The van der Waals surface area contributed by atoms with Gasteiger partial charge in [0.1, 0.15) is 0 Å². The SMILES string of the molecule is CC(C)(C)SCC(=O)N(C1CC1)C1CCc2ccccc21. The molecule has 0 saturated heterocycles. The molecule has 3 heteroatoms. The van der Waals surface area contributed by atoms with Crippen LogP contribution >= 0.6 is 11.8 Å². The van der Waals surface area contributed by atoms with Crippen LogP contribution in [-0.2, 0) is 11.2 Å². The summed E-state index contributed by atoms with van der Waals surface area (Å²) in [6, 6.07) is 9.47. The van der Waals surface area contributed by atoms with Crippen LogP contribution in [0.5, 0.6) is 0 Å². The highest BCUT2D eigenvalue weighted by molar-refractivity contribution is 8.01. The molecule has 1 unspecified atom stereocenters. The fourth-order valence-corrected chi connectivity index (χ4v) is 3.87. The molecule has 1 atom stereocenters. The molecule has 0 heterocycles. The van der Waals surface area contributed by atoms with Gasteiger partial charge in [-0.25, -0.2) is 0 Å². The smallest absolute Gasteiger partial charge is 0.233 e. The summed E-state index contributed by atoms with van der Waals surface area (Å²) in [4.78, 5) is 15.0. The van der Waals surface area contributed by atoms with Crippen LogP contribution in [0.1, 0.15) is 57.2 Å². The van der Waals surface area contributed by atoms with Crippen LogP contribution in [0, 0.1) is 0 Å². The van der Waals surface area contributed by atoms with Gasteiger partial charge in [-0.2, -0.15) is 0 Å². The van der Waals surface area contributed by atoms with Gasteiger partial charge in [0.2, 0.25) is 5.91 Å². The van der Waals surface area contributed by atoms with E-state index in [0.29, 0.717) is 23.7 Å². The fraction of sp³-hybridized carbons (Fsp3) is 0.611. The summed E-state index contributed by atoms with van der Waals surface area (Å²) in [5.41, 5.74) is 2.82. The van der Waals surface area contributed by atoms with Crippen LogP contribution in [0.15, 0.2) is 24.3 Å². The molecule has 0 spiro atoms. The molecule has 2 aliphatic rings. The first-order valence-electron chi connectivity index (χ1n) is 7.98. The second-order valence-electron chi connectivity index (χ2n) is 7.19. The number of thioether (sulfide) groups is 1. The minimum Gasteiger partial charge on any atom is -0.332 e. The summed E-state index contributed by atoms with van der Waals surface area (Å²) in [7, 11) is 0. The van der Waals surface area contributed by atoms with Crippen molar-refractivity contribution in [3.63, 3.8) is 0 Å². The minimum atomic E-state index is 0.151. The van der Waals surface area contributed by atoms with E-state index >= 15 is 0 Å². The number of aryl methyl sites for hydroxylation is 1. The largest absolute Gasteiger partial charge is 0.332 e. The first-order chi connectivity index (χ1) is 9.96. The van der Waals surface area contributed by atoms with Crippen LogP contribution in [0.4, 0.5) is 0 Å². The van der Waals surface area contributed by atoms with Crippen molar-refractivity contribution in [2.75, 3.05) is 5.75 Å². The van der Waals surface area contributed by atoms with Crippen LogP contribution in [0.3, 0.4) is 0 Å². The van der Waals surface area contributed by atoms with Gasteiger partial charge in [0.25, 0.3) is 0 Å². The molecule has 0 aromatic heterocycles. The highest BCUT2D eigenvalue weighted by Gasteiger charge is 2.40. The minimum absolute atomic E-state index is 0.151. The van der Waals surface area contributed by atoms with Crippen molar-refractivity contribution in [3.05, 3.63) is 35.4 Å². The second kappa shape index (κ2) is 5.68. The number of carbonyl (C=O) groups is 1. The Morgan fingerprint density at radius 1 is 1.24 bits per heavy atom. The molecule has 3 rings (SSSR count). The lowest BCUT2D eigenvalue weighted by Gasteiger charge is -2.31. The standard InChI is InChI=1S/C18H25NOS/c1-18(2,3)21-12-17(20)19(14-9-10-14)16-11-8-13-6-4-5-7-15(13)16/h4-7,14,16H,8-12H2,1-3H3. The average Bonchev–Trinajstić information content (AvgIpc) is 3.17. The van der Waals surface area contributed by atoms with Gasteiger partial charge in [0, 0.05) is 10.8 Å². The Morgan fingerprint density at radius 3 is 2.62 bits per heavy atom. The molecule has 2 nitrogen and oxygen atoms in total. The van der Waals surface area contributed by atoms with Crippen molar-refractivity contribution >= 4 is 17.7 Å². The Hall–Kier alpha value is -0.960. The second-order valence-corrected chi connectivity index (χ2v) is 8.99. The lowest BCUT2D eigenvalue weighted by atomic mass is 10.1. The van der Waals surface area contributed by atoms with E-state index in [4.69, 9.17) is 0 Å². The topological polar surface area (TPSA) is 20.3 Å². The molecule has 1 saturated carbocycles. The van der Waals surface area contributed by atoms with Crippen molar-refractivity contribution < 1.29 is 4.79 Å². The Labute approximate surface area is 132 Å². The van der Waals surface area contributed by atoms with Gasteiger partial charge in [-0.05, 0) is 36.8 Å². The number of carbonyl (C=O) groups excluding carboxylic acids is 1. The van der Waals surface area contributed by atoms with Crippen LogP contribution < -0.4 is 0 Å². The summed E-state index contributed by atoms with van der Waals surface area (Å²) in [5.74, 6) is 0.942. The molecular formula is C18H25NOS. The third-order valence-corrected chi connectivity index (χ3v) is 5.55. The van der Waals surface area contributed by atoms with Gasteiger partial charge in [-0.15, -0.1) is 11.8 Å². The molecule has 1 aromatic rings. The maximum atomic E-state index is 12.8. The first-order valence-corrected chi connectivity index (χ1v) is 8.97. The van der Waals surface area contributed by atoms with E-state index in [2.05, 4.69) is 49.9 Å². The zero-order valence-electron chi connectivity index (χ0n) is 13.3. The van der Waals surface area contributed by atoms with E-state index < -0.39 is 0 Å². The Morgan fingerprint density at radius 2 is 1.95 bits per heavy atom. The first kappa shape index (κ1) is 15.0. The maximum Gasteiger partial charge on any atom is 0.233 e. The van der Waals surface area contributed by atoms with Crippen LogP contribution in [-0.4, -0.2) is 27.3 Å².